The molecule has 0 aliphatic carbocycles. The topological polar surface area (TPSA) is 76.4 Å². The second kappa shape index (κ2) is 5.86. The van der Waals surface area contributed by atoms with Crippen LogP contribution in [-0.2, 0) is 10.0 Å². The van der Waals surface area contributed by atoms with E-state index in [0.29, 0.717) is 16.3 Å². The van der Waals surface area contributed by atoms with Crippen LogP contribution in [0.1, 0.15) is 41.6 Å². The van der Waals surface area contributed by atoms with Crippen molar-refractivity contribution < 1.29 is 8.42 Å². The Morgan fingerprint density at radius 2 is 1.92 bits per heavy atom. The van der Waals surface area contributed by atoms with Gasteiger partial charge in [-0.15, -0.1) is 0 Å². The Balaban J connectivity index is 2.17. The first kappa shape index (κ1) is 16.9. The van der Waals surface area contributed by atoms with Crippen LogP contribution >= 0.6 is 11.3 Å². The highest BCUT2D eigenvalue weighted by molar-refractivity contribution is 7.92. The SMILES string of the molecule is Cc1ccc(C)c(NS(=O)(=O)c2c(C(C)C)nc3sc(C)nn23)c1. The van der Waals surface area contributed by atoms with Crippen molar-refractivity contribution in [1.82, 2.24) is 14.6 Å². The van der Waals surface area contributed by atoms with Gasteiger partial charge in [0.05, 0.1) is 11.4 Å². The zero-order chi connectivity index (χ0) is 17.6. The molecular weight excluding hydrogens is 344 g/mol. The van der Waals surface area contributed by atoms with Crippen molar-refractivity contribution in [1.29, 1.82) is 0 Å². The molecule has 0 saturated carbocycles. The number of benzene rings is 1. The summed E-state index contributed by atoms with van der Waals surface area (Å²) in [6.07, 6.45) is 0. The van der Waals surface area contributed by atoms with Gasteiger partial charge in [0.2, 0.25) is 9.99 Å². The summed E-state index contributed by atoms with van der Waals surface area (Å²) in [5.41, 5.74) is 2.97. The number of hydrogen-bond donors (Lipinski definition) is 1. The first-order valence-corrected chi connectivity index (χ1v) is 9.95. The van der Waals surface area contributed by atoms with Crippen molar-refractivity contribution in [3.8, 4) is 0 Å². The number of aryl methyl sites for hydroxylation is 3. The second-order valence-corrected chi connectivity index (χ2v) is 8.95. The Morgan fingerprint density at radius 1 is 1.21 bits per heavy atom. The van der Waals surface area contributed by atoms with Crippen molar-refractivity contribution in [2.75, 3.05) is 4.72 Å². The average molecular weight is 364 g/mol. The average Bonchev–Trinajstić information content (AvgIpc) is 2.98. The highest BCUT2D eigenvalue weighted by atomic mass is 32.2. The molecule has 3 rings (SSSR count). The summed E-state index contributed by atoms with van der Waals surface area (Å²) in [6, 6.07) is 5.68. The maximum atomic E-state index is 13.1. The van der Waals surface area contributed by atoms with Crippen LogP contribution in [0.25, 0.3) is 4.96 Å². The number of hydrogen-bond acceptors (Lipinski definition) is 5. The predicted octanol–water partition coefficient (Wildman–Crippen LogP) is 3.64. The Hall–Kier alpha value is -1.93. The van der Waals surface area contributed by atoms with Crippen LogP contribution in [0.4, 0.5) is 5.69 Å². The fourth-order valence-electron chi connectivity index (χ4n) is 2.51. The number of rotatable bonds is 4. The minimum Gasteiger partial charge on any atom is -0.278 e. The van der Waals surface area contributed by atoms with E-state index in [-0.39, 0.29) is 10.9 Å². The molecule has 0 aliphatic rings. The summed E-state index contributed by atoms with van der Waals surface area (Å²) in [4.78, 5) is 5.08. The zero-order valence-electron chi connectivity index (χ0n) is 14.3. The van der Waals surface area contributed by atoms with Crippen molar-refractivity contribution in [2.45, 2.75) is 45.6 Å². The lowest BCUT2D eigenvalue weighted by molar-refractivity contribution is 0.589. The molecule has 128 valence electrons. The summed E-state index contributed by atoms with van der Waals surface area (Å²) in [6.45, 7) is 9.49. The molecule has 0 spiro atoms. The van der Waals surface area contributed by atoms with Gasteiger partial charge < -0.3 is 0 Å². The van der Waals surface area contributed by atoms with E-state index >= 15 is 0 Å². The molecule has 0 bridgehead atoms. The summed E-state index contributed by atoms with van der Waals surface area (Å²) >= 11 is 1.38. The van der Waals surface area contributed by atoms with Crippen molar-refractivity contribution in [2.24, 2.45) is 0 Å². The molecule has 6 nitrogen and oxygen atoms in total. The Bertz CT molecular complexity index is 1020. The van der Waals surface area contributed by atoms with Gasteiger partial charge in [0.25, 0.3) is 10.0 Å². The third-order valence-corrected chi connectivity index (χ3v) is 5.93. The molecular formula is C16H20N4O2S2. The number of fused-ring (bicyclic) bond motifs is 1. The third-order valence-electron chi connectivity index (χ3n) is 3.73. The van der Waals surface area contributed by atoms with Gasteiger partial charge in [-0.05, 0) is 43.9 Å². The molecule has 0 aliphatic heterocycles. The monoisotopic (exact) mass is 364 g/mol. The lowest BCUT2D eigenvalue weighted by atomic mass is 10.1. The fraction of sp³-hybridized carbons (Fsp3) is 0.375. The molecule has 2 heterocycles. The first-order valence-electron chi connectivity index (χ1n) is 7.65. The molecule has 0 amide bonds. The molecule has 0 unspecified atom stereocenters. The number of anilines is 1. The maximum Gasteiger partial charge on any atom is 0.281 e. The van der Waals surface area contributed by atoms with Gasteiger partial charge in [-0.25, -0.2) is 4.98 Å². The summed E-state index contributed by atoms with van der Waals surface area (Å²) in [7, 11) is -3.80. The minimum atomic E-state index is -3.80. The maximum absolute atomic E-state index is 13.1. The molecule has 2 aromatic heterocycles. The highest BCUT2D eigenvalue weighted by Crippen LogP contribution is 2.29. The first-order chi connectivity index (χ1) is 11.2. The lowest BCUT2D eigenvalue weighted by Gasteiger charge is -2.12. The van der Waals surface area contributed by atoms with E-state index in [1.165, 1.54) is 15.9 Å². The van der Waals surface area contributed by atoms with E-state index in [1.54, 1.807) is 0 Å². The third kappa shape index (κ3) is 2.91. The molecule has 0 radical (unpaired) electrons. The molecule has 0 atom stereocenters. The van der Waals surface area contributed by atoms with Crippen molar-refractivity contribution in [3.63, 3.8) is 0 Å². The molecule has 0 fully saturated rings. The van der Waals surface area contributed by atoms with Crippen LogP contribution in [0.2, 0.25) is 0 Å². The van der Waals surface area contributed by atoms with Crippen molar-refractivity contribution in [3.05, 3.63) is 40.0 Å². The summed E-state index contributed by atoms with van der Waals surface area (Å²) in [5, 5.41) is 5.21. The summed E-state index contributed by atoms with van der Waals surface area (Å²) in [5.74, 6) is -0.0237. The van der Waals surface area contributed by atoms with E-state index in [1.807, 2.05) is 52.8 Å². The Labute approximate surface area is 145 Å². The molecule has 1 N–H and O–H groups in total. The van der Waals surface area contributed by atoms with Gasteiger partial charge in [0, 0.05) is 0 Å². The molecule has 8 heteroatoms. The molecule has 24 heavy (non-hydrogen) atoms. The minimum absolute atomic E-state index is 0.0237. The number of aromatic nitrogens is 3. The zero-order valence-corrected chi connectivity index (χ0v) is 15.9. The second-order valence-electron chi connectivity index (χ2n) is 6.20. The number of nitrogens with one attached hydrogen (secondary N) is 1. The van der Waals surface area contributed by atoms with Gasteiger partial charge in [0.15, 0.2) is 0 Å². The number of sulfonamides is 1. The van der Waals surface area contributed by atoms with E-state index in [2.05, 4.69) is 14.8 Å². The molecule has 1 aromatic carbocycles. The summed E-state index contributed by atoms with van der Waals surface area (Å²) < 4.78 is 30.3. The quantitative estimate of drug-likeness (QED) is 0.767. The van der Waals surface area contributed by atoms with Crippen LogP contribution in [-0.4, -0.2) is 23.0 Å². The fourth-order valence-corrected chi connectivity index (χ4v) is 4.83. The van der Waals surface area contributed by atoms with E-state index in [4.69, 9.17) is 0 Å². The Morgan fingerprint density at radius 3 is 2.58 bits per heavy atom. The smallest absolute Gasteiger partial charge is 0.278 e. The van der Waals surface area contributed by atoms with Crippen LogP contribution in [0.3, 0.4) is 0 Å². The molecule has 3 aromatic rings. The van der Waals surface area contributed by atoms with Crippen LogP contribution in [0, 0.1) is 20.8 Å². The largest absolute Gasteiger partial charge is 0.281 e. The number of imidazole rings is 1. The number of nitrogens with zero attached hydrogens (tertiary/aromatic N) is 3. The van der Waals surface area contributed by atoms with Gasteiger partial charge in [-0.2, -0.15) is 18.0 Å². The van der Waals surface area contributed by atoms with E-state index < -0.39 is 10.0 Å². The van der Waals surface area contributed by atoms with Crippen molar-refractivity contribution >= 4 is 32.0 Å². The molecule has 0 saturated heterocycles. The van der Waals surface area contributed by atoms with Gasteiger partial charge in [-0.1, -0.05) is 37.3 Å². The van der Waals surface area contributed by atoms with Gasteiger partial charge in [0.1, 0.15) is 5.01 Å². The Kier molecular flexibility index (Phi) is 4.13. The normalized spacial score (nSPS) is 12.2. The van der Waals surface area contributed by atoms with E-state index in [9.17, 15) is 8.42 Å². The van der Waals surface area contributed by atoms with Gasteiger partial charge >= 0.3 is 0 Å². The van der Waals surface area contributed by atoms with Crippen LogP contribution in [0.5, 0.6) is 0 Å². The van der Waals surface area contributed by atoms with Crippen LogP contribution < -0.4 is 4.72 Å². The predicted molar refractivity (Wildman–Crippen MR) is 96.4 cm³/mol. The lowest BCUT2D eigenvalue weighted by Crippen LogP contribution is -2.18. The van der Waals surface area contributed by atoms with E-state index in [0.717, 1.165) is 16.1 Å². The van der Waals surface area contributed by atoms with Crippen LogP contribution in [0.15, 0.2) is 23.2 Å². The standard InChI is InChI=1S/C16H20N4O2S2/c1-9(2)14-15(20-16(17-14)23-12(5)18-20)24(21,22)19-13-8-10(3)6-7-11(13)4/h6-9,19H,1-5H3. The highest BCUT2D eigenvalue weighted by Gasteiger charge is 2.29. The van der Waals surface area contributed by atoms with Gasteiger partial charge in [-0.3, -0.25) is 4.72 Å².